The first-order valence-electron chi connectivity index (χ1n) is 5.83. The van der Waals surface area contributed by atoms with Crippen LogP contribution in [0.5, 0.6) is 5.75 Å². The van der Waals surface area contributed by atoms with Gasteiger partial charge >= 0.3 is 6.36 Å². The summed E-state index contributed by atoms with van der Waals surface area (Å²) < 4.78 is 54.7. The Kier molecular flexibility index (Phi) is 4.53. The van der Waals surface area contributed by atoms with Crippen LogP contribution in [0.1, 0.15) is 17.2 Å². The maximum Gasteiger partial charge on any atom is 0.573 e. The molecule has 0 saturated heterocycles. The number of benzene rings is 2. The van der Waals surface area contributed by atoms with E-state index >= 15 is 0 Å². The summed E-state index contributed by atoms with van der Waals surface area (Å²) in [6.07, 6.45) is -4.79. The van der Waals surface area contributed by atoms with Gasteiger partial charge in [0.15, 0.2) is 0 Å². The normalized spacial score (nSPS) is 13.0. The summed E-state index contributed by atoms with van der Waals surface area (Å²) >= 11 is 3.18. The predicted molar refractivity (Wildman–Crippen MR) is 73.3 cm³/mol. The highest BCUT2D eigenvalue weighted by Crippen LogP contribution is 2.31. The minimum atomic E-state index is -4.79. The Morgan fingerprint density at radius 3 is 2.38 bits per heavy atom. The second-order valence-corrected chi connectivity index (χ2v) is 5.09. The average molecular weight is 364 g/mol. The minimum Gasteiger partial charge on any atom is -0.406 e. The lowest BCUT2D eigenvalue weighted by Crippen LogP contribution is -2.18. The van der Waals surface area contributed by atoms with Crippen molar-refractivity contribution in [3.63, 3.8) is 0 Å². The van der Waals surface area contributed by atoms with Crippen LogP contribution in [0.2, 0.25) is 0 Å². The van der Waals surface area contributed by atoms with E-state index < -0.39 is 24.0 Å². The van der Waals surface area contributed by atoms with Gasteiger partial charge in [-0.15, -0.1) is 13.2 Å². The zero-order valence-electron chi connectivity index (χ0n) is 10.5. The Morgan fingerprint density at radius 1 is 1.10 bits per heavy atom. The molecule has 0 aliphatic rings. The van der Waals surface area contributed by atoms with Crippen molar-refractivity contribution in [3.8, 4) is 5.75 Å². The molecule has 1 unspecified atom stereocenters. The van der Waals surface area contributed by atoms with Crippen molar-refractivity contribution in [3.05, 3.63) is 63.9 Å². The Hall–Kier alpha value is -1.60. The number of hydrogen-bond donors (Lipinski definition) is 1. The molecule has 2 N–H and O–H groups in total. The second kappa shape index (κ2) is 6.03. The van der Waals surface area contributed by atoms with Gasteiger partial charge in [0.2, 0.25) is 0 Å². The van der Waals surface area contributed by atoms with E-state index in [1.165, 1.54) is 24.3 Å². The largest absolute Gasteiger partial charge is 0.573 e. The van der Waals surface area contributed by atoms with Gasteiger partial charge in [-0.05, 0) is 29.8 Å². The van der Waals surface area contributed by atoms with Gasteiger partial charge in [0.05, 0.1) is 6.04 Å². The summed E-state index contributed by atoms with van der Waals surface area (Å²) in [5, 5.41) is 0. The average Bonchev–Trinajstić information content (AvgIpc) is 2.36. The van der Waals surface area contributed by atoms with Crippen LogP contribution in [0.15, 0.2) is 46.9 Å². The first kappa shape index (κ1) is 15.8. The molecule has 0 heterocycles. The van der Waals surface area contributed by atoms with E-state index in [9.17, 15) is 17.6 Å². The molecule has 0 amide bonds. The molecule has 0 fully saturated rings. The van der Waals surface area contributed by atoms with Crippen LogP contribution in [0, 0.1) is 5.82 Å². The van der Waals surface area contributed by atoms with Crippen LogP contribution < -0.4 is 10.5 Å². The monoisotopic (exact) mass is 363 g/mol. The van der Waals surface area contributed by atoms with Crippen LogP contribution in [0.3, 0.4) is 0 Å². The molecular weight excluding hydrogens is 354 g/mol. The highest BCUT2D eigenvalue weighted by Gasteiger charge is 2.31. The number of hydrogen-bond acceptors (Lipinski definition) is 2. The van der Waals surface area contributed by atoms with Crippen LogP contribution >= 0.6 is 15.9 Å². The summed E-state index contributed by atoms with van der Waals surface area (Å²) in [7, 11) is 0. The van der Waals surface area contributed by atoms with Gasteiger partial charge in [0.1, 0.15) is 11.6 Å². The molecule has 0 saturated carbocycles. The van der Waals surface area contributed by atoms with E-state index in [0.717, 1.165) is 12.1 Å². The molecule has 21 heavy (non-hydrogen) atoms. The van der Waals surface area contributed by atoms with Gasteiger partial charge in [0.25, 0.3) is 0 Å². The van der Waals surface area contributed by atoms with Crippen LogP contribution in [-0.2, 0) is 0 Å². The van der Waals surface area contributed by atoms with Crippen LogP contribution in [-0.4, -0.2) is 6.36 Å². The lowest BCUT2D eigenvalue weighted by Gasteiger charge is -2.17. The van der Waals surface area contributed by atoms with E-state index in [2.05, 4.69) is 20.7 Å². The molecule has 2 nitrogen and oxygen atoms in total. The second-order valence-electron chi connectivity index (χ2n) is 4.23. The van der Waals surface area contributed by atoms with Gasteiger partial charge in [-0.25, -0.2) is 4.39 Å². The van der Waals surface area contributed by atoms with E-state index in [1.807, 2.05) is 0 Å². The number of ether oxygens (including phenoxy) is 1. The smallest absolute Gasteiger partial charge is 0.406 e. The lowest BCUT2D eigenvalue weighted by atomic mass is 9.99. The quantitative estimate of drug-likeness (QED) is 0.812. The molecule has 112 valence electrons. The van der Waals surface area contributed by atoms with E-state index in [1.54, 1.807) is 6.07 Å². The van der Waals surface area contributed by atoms with Crippen molar-refractivity contribution in [1.82, 2.24) is 0 Å². The van der Waals surface area contributed by atoms with Gasteiger partial charge in [0, 0.05) is 10.0 Å². The lowest BCUT2D eigenvalue weighted by molar-refractivity contribution is -0.274. The Labute approximate surface area is 126 Å². The van der Waals surface area contributed by atoms with Crippen molar-refractivity contribution in [2.75, 3.05) is 0 Å². The molecule has 7 heteroatoms. The number of alkyl halides is 3. The zero-order chi connectivity index (χ0) is 15.6. The van der Waals surface area contributed by atoms with Gasteiger partial charge in [-0.2, -0.15) is 0 Å². The fourth-order valence-corrected chi connectivity index (χ4v) is 2.47. The number of nitrogens with two attached hydrogens (primary N) is 1. The van der Waals surface area contributed by atoms with Gasteiger partial charge < -0.3 is 10.5 Å². The molecule has 0 aromatic heterocycles. The third kappa shape index (κ3) is 3.95. The molecule has 0 bridgehead atoms. The summed E-state index contributed by atoms with van der Waals surface area (Å²) in [5.74, 6) is -0.943. The first-order valence-corrected chi connectivity index (χ1v) is 6.62. The number of halogens is 5. The van der Waals surface area contributed by atoms with E-state index in [0.29, 0.717) is 10.0 Å². The molecule has 2 rings (SSSR count). The minimum absolute atomic E-state index is 0.168. The van der Waals surface area contributed by atoms with Gasteiger partial charge in [-0.1, -0.05) is 34.1 Å². The summed E-state index contributed by atoms with van der Waals surface area (Å²) in [6, 6.07) is 8.58. The third-order valence-electron chi connectivity index (χ3n) is 2.76. The predicted octanol–water partition coefficient (Wildman–Crippen LogP) is 4.53. The molecule has 0 spiro atoms. The highest BCUT2D eigenvalue weighted by molar-refractivity contribution is 9.10. The van der Waals surface area contributed by atoms with Crippen molar-refractivity contribution < 1.29 is 22.3 Å². The first-order chi connectivity index (χ1) is 9.78. The molecule has 1 atom stereocenters. The Balaban J connectivity index is 2.36. The van der Waals surface area contributed by atoms with E-state index in [-0.39, 0.29) is 5.56 Å². The maximum atomic E-state index is 13.8. The highest BCUT2D eigenvalue weighted by atomic mass is 79.9. The molecule has 0 aliphatic carbocycles. The zero-order valence-corrected chi connectivity index (χ0v) is 12.1. The fraction of sp³-hybridized carbons (Fsp3) is 0.143. The summed E-state index contributed by atoms with van der Waals surface area (Å²) in [6.45, 7) is 0. The van der Waals surface area contributed by atoms with Crippen molar-refractivity contribution >= 4 is 15.9 Å². The van der Waals surface area contributed by atoms with Crippen LogP contribution in [0.4, 0.5) is 17.6 Å². The third-order valence-corrected chi connectivity index (χ3v) is 3.45. The summed E-state index contributed by atoms with van der Waals surface area (Å²) in [5.41, 5.74) is 6.42. The topological polar surface area (TPSA) is 35.2 Å². The van der Waals surface area contributed by atoms with Crippen LogP contribution in [0.25, 0.3) is 0 Å². The maximum absolute atomic E-state index is 13.8. The molecule has 0 radical (unpaired) electrons. The van der Waals surface area contributed by atoms with E-state index in [4.69, 9.17) is 5.73 Å². The molecule has 0 aliphatic heterocycles. The van der Waals surface area contributed by atoms with Gasteiger partial charge in [-0.3, -0.25) is 0 Å². The fourth-order valence-electron chi connectivity index (χ4n) is 1.88. The SMILES string of the molecule is NC(c1cccc(OC(F)(F)F)c1)c1c(F)cccc1Br. The number of rotatable bonds is 3. The Morgan fingerprint density at radius 2 is 1.76 bits per heavy atom. The molecular formula is C14H10BrF4NO. The van der Waals surface area contributed by atoms with Crippen molar-refractivity contribution in [2.24, 2.45) is 5.73 Å². The van der Waals surface area contributed by atoms with Crippen molar-refractivity contribution in [1.29, 1.82) is 0 Å². The summed E-state index contributed by atoms with van der Waals surface area (Å²) in [4.78, 5) is 0. The molecule has 2 aromatic carbocycles. The Bertz CT molecular complexity index is 625. The standard InChI is InChI=1S/C14H10BrF4NO/c15-10-5-2-6-11(16)12(10)13(20)8-3-1-4-9(7-8)21-14(17,18)19/h1-7,13H,20H2. The molecule has 2 aromatic rings. The van der Waals surface area contributed by atoms with Crippen molar-refractivity contribution in [2.45, 2.75) is 12.4 Å².